The van der Waals surface area contributed by atoms with Gasteiger partial charge in [-0.1, -0.05) is 30.3 Å². The van der Waals surface area contributed by atoms with Crippen molar-refractivity contribution in [3.05, 3.63) is 60.4 Å². The van der Waals surface area contributed by atoms with Crippen LogP contribution in [0.2, 0.25) is 0 Å². The number of aryl methyl sites for hydroxylation is 1. The summed E-state index contributed by atoms with van der Waals surface area (Å²) in [7, 11) is 1.86. The summed E-state index contributed by atoms with van der Waals surface area (Å²) in [5, 5.41) is 3.10. The number of pyridine rings is 1. The highest BCUT2D eigenvalue weighted by atomic mass is 15.0. The van der Waals surface area contributed by atoms with Crippen molar-refractivity contribution in [1.82, 2.24) is 15.0 Å². The maximum atomic E-state index is 4.69. The number of aromatic nitrogens is 3. The summed E-state index contributed by atoms with van der Waals surface area (Å²) >= 11 is 0. The summed E-state index contributed by atoms with van der Waals surface area (Å²) in [5.41, 5.74) is 4.02. The van der Waals surface area contributed by atoms with Crippen molar-refractivity contribution < 1.29 is 0 Å². The first-order valence-electron chi connectivity index (χ1n) is 6.81. The Morgan fingerprint density at radius 3 is 2.52 bits per heavy atom. The predicted octanol–water partition coefficient (Wildman–Crippen LogP) is 3.56. The second-order valence-corrected chi connectivity index (χ2v) is 4.77. The molecule has 2 aromatic heterocycles. The van der Waals surface area contributed by atoms with Gasteiger partial charge < -0.3 is 5.32 Å². The van der Waals surface area contributed by atoms with Crippen molar-refractivity contribution in [2.45, 2.75) is 6.92 Å². The zero-order valence-electron chi connectivity index (χ0n) is 12.0. The molecule has 0 aliphatic rings. The third-order valence-electron chi connectivity index (χ3n) is 3.33. The van der Waals surface area contributed by atoms with Gasteiger partial charge in [-0.05, 0) is 18.6 Å². The van der Waals surface area contributed by atoms with E-state index in [0.717, 1.165) is 28.2 Å². The van der Waals surface area contributed by atoms with Crippen LogP contribution in [0.5, 0.6) is 0 Å². The standard InChI is InChI=1S/C17H16N4/c1-12-8-9-19-11-14(12)17-20-15(10-16(18-2)21-17)13-6-4-3-5-7-13/h3-11H,1-2H3,(H,18,20,21). The fourth-order valence-electron chi connectivity index (χ4n) is 2.15. The molecule has 4 nitrogen and oxygen atoms in total. The molecule has 0 aliphatic carbocycles. The number of rotatable bonds is 3. The fraction of sp³-hybridized carbons (Fsp3) is 0.118. The first-order valence-corrected chi connectivity index (χ1v) is 6.81. The van der Waals surface area contributed by atoms with Crippen LogP contribution in [0.15, 0.2) is 54.9 Å². The van der Waals surface area contributed by atoms with Crippen LogP contribution >= 0.6 is 0 Å². The molecule has 0 bridgehead atoms. The Kier molecular flexibility index (Phi) is 3.60. The van der Waals surface area contributed by atoms with Crippen molar-refractivity contribution in [3.63, 3.8) is 0 Å². The molecule has 104 valence electrons. The van der Waals surface area contributed by atoms with Crippen LogP contribution in [0.25, 0.3) is 22.6 Å². The minimum absolute atomic E-state index is 0.686. The van der Waals surface area contributed by atoms with Crippen LogP contribution in [0.4, 0.5) is 5.82 Å². The third kappa shape index (κ3) is 2.74. The van der Waals surface area contributed by atoms with E-state index in [4.69, 9.17) is 4.98 Å². The number of benzene rings is 1. The van der Waals surface area contributed by atoms with Crippen LogP contribution in [0, 0.1) is 6.92 Å². The van der Waals surface area contributed by atoms with Crippen molar-refractivity contribution >= 4 is 5.82 Å². The molecule has 0 saturated carbocycles. The number of hydrogen-bond acceptors (Lipinski definition) is 4. The number of nitrogens with one attached hydrogen (secondary N) is 1. The molecule has 0 spiro atoms. The largest absolute Gasteiger partial charge is 0.373 e. The second kappa shape index (κ2) is 5.71. The molecule has 0 saturated heterocycles. The van der Waals surface area contributed by atoms with Gasteiger partial charge in [-0.3, -0.25) is 4.98 Å². The maximum absolute atomic E-state index is 4.69. The van der Waals surface area contributed by atoms with Gasteiger partial charge in [0.2, 0.25) is 0 Å². The Bertz CT molecular complexity index is 754. The van der Waals surface area contributed by atoms with Gasteiger partial charge in [-0.2, -0.15) is 0 Å². The Hall–Kier alpha value is -2.75. The molecular formula is C17H16N4. The van der Waals surface area contributed by atoms with Gasteiger partial charge in [0, 0.05) is 36.6 Å². The average Bonchev–Trinajstić information content (AvgIpc) is 2.55. The van der Waals surface area contributed by atoms with Crippen LogP contribution < -0.4 is 5.32 Å². The average molecular weight is 276 g/mol. The molecular weight excluding hydrogens is 260 g/mol. The lowest BCUT2D eigenvalue weighted by molar-refractivity contribution is 1.15. The molecule has 4 heteroatoms. The third-order valence-corrected chi connectivity index (χ3v) is 3.33. The molecule has 0 radical (unpaired) electrons. The molecule has 2 heterocycles. The van der Waals surface area contributed by atoms with Gasteiger partial charge in [0.25, 0.3) is 0 Å². The van der Waals surface area contributed by atoms with Crippen molar-refractivity contribution in [3.8, 4) is 22.6 Å². The second-order valence-electron chi connectivity index (χ2n) is 4.77. The fourth-order valence-corrected chi connectivity index (χ4v) is 2.15. The van der Waals surface area contributed by atoms with Gasteiger partial charge in [0.15, 0.2) is 5.82 Å². The van der Waals surface area contributed by atoms with Crippen molar-refractivity contribution in [2.24, 2.45) is 0 Å². The monoisotopic (exact) mass is 276 g/mol. The first-order chi connectivity index (χ1) is 10.3. The number of nitrogens with zero attached hydrogens (tertiary/aromatic N) is 3. The Labute approximate surface area is 123 Å². The summed E-state index contributed by atoms with van der Waals surface area (Å²) in [4.78, 5) is 13.4. The quantitative estimate of drug-likeness (QED) is 0.794. The zero-order valence-corrected chi connectivity index (χ0v) is 12.0. The zero-order chi connectivity index (χ0) is 14.7. The van der Waals surface area contributed by atoms with E-state index < -0.39 is 0 Å². The van der Waals surface area contributed by atoms with Gasteiger partial charge in [-0.15, -0.1) is 0 Å². The molecule has 0 amide bonds. The highest BCUT2D eigenvalue weighted by Crippen LogP contribution is 2.25. The number of anilines is 1. The van der Waals surface area contributed by atoms with Gasteiger partial charge in [0.05, 0.1) is 5.69 Å². The van der Waals surface area contributed by atoms with Crippen molar-refractivity contribution in [2.75, 3.05) is 12.4 Å². The maximum Gasteiger partial charge on any atom is 0.163 e. The van der Waals surface area contributed by atoms with E-state index >= 15 is 0 Å². The Morgan fingerprint density at radius 1 is 1.00 bits per heavy atom. The van der Waals surface area contributed by atoms with Crippen LogP contribution in [0.3, 0.4) is 0 Å². The number of hydrogen-bond donors (Lipinski definition) is 1. The molecule has 3 rings (SSSR count). The van der Waals surface area contributed by atoms with E-state index in [-0.39, 0.29) is 0 Å². The molecule has 3 aromatic rings. The summed E-state index contributed by atoms with van der Waals surface area (Å²) in [6, 6.07) is 14.0. The molecule has 0 unspecified atom stereocenters. The lowest BCUT2D eigenvalue weighted by Crippen LogP contribution is -2.00. The lowest BCUT2D eigenvalue weighted by atomic mass is 10.1. The molecule has 0 aliphatic heterocycles. The van der Waals surface area contributed by atoms with E-state index in [1.54, 1.807) is 12.4 Å². The summed E-state index contributed by atoms with van der Waals surface area (Å²) in [5.74, 6) is 1.48. The smallest absolute Gasteiger partial charge is 0.163 e. The SMILES string of the molecule is CNc1cc(-c2ccccc2)nc(-c2cnccc2C)n1. The highest BCUT2D eigenvalue weighted by molar-refractivity contribution is 5.68. The molecule has 0 atom stereocenters. The first kappa shape index (κ1) is 13.2. The molecule has 21 heavy (non-hydrogen) atoms. The molecule has 1 N–H and O–H groups in total. The normalized spacial score (nSPS) is 10.4. The van der Waals surface area contributed by atoms with Crippen LogP contribution in [0.1, 0.15) is 5.56 Å². The van der Waals surface area contributed by atoms with E-state index in [9.17, 15) is 0 Å². The minimum atomic E-state index is 0.686. The predicted molar refractivity (Wildman–Crippen MR) is 85.0 cm³/mol. The van der Waals surface area contributed by atoms with Crippen molar-refractivity contribution in [1.29, 1.82) is 0 Å². The topological polar surface area (TPSA) is 50.7 Å². The van der Waals surface area contributed by atoms with Gasteiger partial charge in [0.1, 0.15) is 5.82 Å². The minimum Gasteiger partial charge on any atom is -0.373 e. The van der Waals surface area contributed by atoms with E-state index in [1.807, 2.05) is 56.4 Å². The molecule has 0 fully saturated rings. The van der Waals surface area contributed by atoms with E-state index in [1.165, 1.54) is 0 Å². The highest BCUT2D eigenvalue weighted by Gasteiger charge is 2.10. The summed E-state index contributed by atoms with van der Waals surface area (Å²) in [6.07, 6.45) is 3.58. The van der Waals surface area contributed by atoms with E-state index in [2.05, 4.69) is 15.3 Å². The summed E-state index contributed by atoms with van der Waals surface area (Å²) in [6.45, 7) is 2.04. The van der Waals surface area contributed by atoms with Gasteiger partial charge in [-0.25, -0.2) is 9.97 Å². The van der Waals surface area contributed by atoms with E-state index in [0.29, 0.717) is 5.82 Å². The van der Waals surface area contributed by atoms with Gasteiger partial charge >= 0.3 is 0 Å². The van der Waals surface area contributed by atoms with Crippen LogP contribution in [-0.2, 0) is 0 Å². The Balaban J connectivity index is 2.17. The Morgan fingerprint density at radius 2 is 1.81 bits per heavy atom. The molecule has 1 aromatic carbocycles. The lowest BCUT2D eigenvalue weighted by Gasteiger charge is -2.09. The summed E-state index contributed by atoms with van der Waals surface area (Å²) < 4.78 is 0. The van der Waals surface area contributed by atoms with Crippen LogP contribution in [-0.4, -0.2) is 22.0 Å².